The molecule has 0 aromatic carbocycles. The summed E-state index contributed by atoms with van der Waals surface area (Å²) >= 11 is 5.65. The molecule has 0 radical (unpaired) electrons. The number of aromatic nitrogens is 3. The zero-order valence-electron chi connectivity index (χ0n) is 8.07. The highest BCUT2D eigenvalue weighted by Gasteiger charge is 2.01. The third-order valence-corrected chi connectivity index (χ3v) is 1.88. The van der Waals surface area contributed by atoms with E-state index >= 15 is 0 Å². The molecule has 0 unspecified atom stereocenters. The van der Waals surface area contributed by atoms with Crippen LogP contribution in [-0.4, -0.2) is 15.0 Å². The number of aryl methyl sites for hydroxylation is 1. The average Bonchev–Trinajstić information content (AvgIpc) is 2.64. The van der Waals surface area contributed by atoms with Crippen LogP contribution in [0.15, 0.2) is 23.0 Å². The van der Waals surface area contributed by atoms with Gasteiger partial charge in [0.2, 0.25) is 11.8 Å². The molecule has 0 fully saturated rings. The van der Waals surface area contributed by atoms with Crippen LogP contribution in [-0.2, 0) is 6.54 Å². The predicted octanol–water partition coefficient (Wildman–Crippen LogP) is 2.04. The lowest BCUT2D eigenvalue weighted by Crippen LogP contribution is -2.03. The van der Waals surface area contributed by atoms with Gasteiger partial charge in [-0.25, -0.2) is 15.0 Å². The smallest absolute Gasteiger partial charge is 0.223 e. The highest BCUT2D eigenvalue weighted by atomic mass is 35.5. The minimum Gasteiger partial charge on any atom is -0.444 e. The summed E-state index contributed by atoms with van der Waals surface area (Å²) in [5.41, 5.74) is 0. The topological polar surface area (TPSA) is 63.8 Å². The van der Waals surface area contributed by atoms with Crippen LogP contribution in [0.5, 0.6) is 0 Å². The lowest BCUT2D eigenvalue weighted by molar-refractivity contribution is 0.478. The van der Waals surface area contributed by atoms with Crippen LogP contribution in [0.1, 0.15) is 11.7 Å². The van der Waals surface area contributed by atoms with E-state index in [4.69, 9.17) is 16.0 Å². The van der Waals surface area contributed by atoms with Crippen LogP contribution in [0.25, 0.3) is 0 Å². The number of nitrogens with zero attached hydrogens (tertiary/aromatic N) is 3. The number of rotatable bonds is 3. The molecule has 0 aliphatic rings. The summed E-state index contributed by atoms with van der Waals surface area (Å²) in [5.74, 6) is 1.88. The molecule has 2 rings (SSSR count). The fourth-order valence-corrected chi connectivity index (χ4v) is 1.14. The molecule has 2 heterocycles. The lowest BCUT2D eigenvalue weighted by atomic mass is 10.6. The highest BCUT2D eigenvalue weighted by Crippen LogP contribution is 2.07. The molecule has 0 aliphatic carbocycles. The Labute approximate surface area is 91.5 Å². The van der Waals surface area contributed by atoms with Gasteiger partial charge in [0, 0.05) is 0 Å². The van der Waals surface area contributed by atoms with Crippen molar-refractivity contribution in [2.75, 3.05) is 5.32 Å². The number of nitrogens with one attached hydrogen (secondary N) is 1. The van der Waals surface area contributed by atoms with Gasteiger partial charge in [-0.3, -0.25) is 0 Å². The Balaban J connectivity index is 1.96. The van der Waals surface area contributed by atoms with E-state index in [2.05, 4.69) is 20.3 Å². The zero-order chi connectivity index (χ0) is 10.7. The number of anilines is 1. The number of hydrogen-bond acceptors (Lipinski definition) is 5. The molecule has 0 atom stereocenters. The van der Waals surface area contributed by atoms with Crippen molar-refractivity contribution in [3.63, 3.8) is 0 Å². The van der Waals surface area contributed by atoms with E-state index in [1.54, 1.807) is 6.20 Å². The Morgan fingerprint density at radius 2 is 2.00 bits per heavy atom. The van der Waals surface area contributed by atoms with Gasteiger partial charge in [0.25, 0.3) is 0 Å². The van der Waals surface area contributed by atoms with Gasteiger partial charge in [-0.15, -0.1) is 0 Å². The van der Waals surface area contributed by atoms with Crippen LogP contribution in [0.2, 0.25) is 5.02 Å². The Morgan fingerprint density at radius 1 is 1.27 bits per heavy atom. The first-order chi connectivity index (χ1) is 7.24. The minimum absolute atomic E-state index is 0.454. The number of oxazole rings is 1. The van der Waals surface area contributed by atoms with Crippen molar-refractivity contribution in [1.29, 1.82) is 0 Å². The van der Waals surface area contributed by atoms with Crippen molar-refractivity contribution in [2.24, 2.45) is 0 Å². The van der Waals surface area contributed by atoms with E-state index in [0.29, 0.717) is 23.4 Å². The van der Waals surface area contributed by atoms with Gasteiger partial charge in [0.1, 0.15) is 5.76 Å². The molecule has 78 valence electrons. The molecule has 0 saturated carbocycles. The second-order valence-corrected chi connectivity index (χ2v) is 3.38. The van der Waals surface area contributed by atoms with Gasteiger partial charge >= 0.3 is 0 Å². The molecule has 1 N–H and O–H groups in total. The molecule has 0 spiro atoms. The Kier molecular flexibility index (Phi) is 2.82. The SMILES string of the molecule is Cc1cnc(CNc2ncc(Cl)cn2)o1. The fraction of sp³-hybridized carbons (Fsp3) is 0.222. The van der Waals surface area contributed by atoms with E-state index < -0.39 is 0 Å². The van der Waals surface area contributed by atoms with E-state index in [1.165, 1.54) is 12.4 Å². The summed E-state index contributed by atoms with van der Waals surface area (Å²) in [4.78, 5) is 12.0. The molecule has 6 heteroatoms. The summed E-state index contributed by atoms with van der Waals surface area (Å²) in [6.07, 6.45) is 4.72. The summed E-state index contributed by atoms with van der Waals surface area (Å²) in [5, 5.41) is 3.47. The predicted molar refractivity (Wildman–Crippen MR) is 55.6 cm³/mol. The van der Waals surface area contributed by atoms with E-state index in [1.807, 2.05) is 6.92 Å². The van der Waals surface area contributed by atoms with E-state index in [-0.39, 0.29) is 0 Å². The first kappa shape index (κ1) is 9.92. The molecule has 0 amide bonds. The Morgan fingerprint density at radius 3 is 2.60 bits per heavy atom. The number of hydrogen-bond donors (Lipinski definition) is 1. The van der Waals surface area contributed by atoms with Crippen molar-refractivity contribution < 1.29 is 4.42 Å². The van der Waals surface area contributed by atoms with Gasteiger partial charge in [0.05, 0.1) is 30.2 Å². The monoisotopic (exact) mass is 224 g/mol. The molecule has 0 aliphatic heterocycles. The maximum absolute atomic E-state index is 5.65. The summed E-state index contributed by atoms with van der Waals surface area (Å²) < 4.78 is 5.27. The van der Waals surface area contributed by atoms with Gasteiger partial charge in [0.15, 0.2) is 0 Å². The average molecular weight is 225 g/mol. The molecular weight excluding hydrogens is 216 g/mol. The van der Waals surface area contributed by atoms with Gasteiger partial charge in [-0.2, -0.15) is 0 Å². The molecule has 5 nitrogen and oxygen atoms in total. The fourth-order valence-electron chi connectivity index (χ4n) is 1.04. The lowest BCUT2D eigenvalue weighted by Gasteiger charge is -2.00. The van der Waals surface area contributed by atoms with Crippen LogP contribution >= 0.6 is 11.6 Å². The quantitative estimate of drug-likeness (QED) is 0.864. The molecule has 2 aromatic rings. The van der Waals surface area contributed by atoms with Crippen molar-refractivity contribution >= 4 is 17.5 Å². The molecular formula is C9H9ClN4O. The van der Waals surface area contributed by atoms with Gasteiger partial charge in [-0.05, 0) is 6.92 Å². The normalized spacial score (nSPS) is 10.3. The molecule has 15 heavy (non-hydrogen) atoms. The second kappa shape index (κ2) is 4.27. The number of halogens is 1. The van der Waals surface area contributed by atoms with Crippen LogP contribution < -0.4 is 5.32 Å². The summed E-state index contributed by atoms with van der Waals surface area (Å²) in [6, 6.07) is 0. The van der Waals surface area contributed by atoms with Crippen LogP contribution in [0.4, 0.5) is 5.95 Å². The highest BCUT2D eigenvalue weighted by molar-refractivity contribution is 6.30. The Hall–Kier alpha value is -1.62. The van der Waals surface area contributed by atoms with Crippen molar-refractivity contribution in [2.45, 2.75) is 13.5 Å². The van der Waals surface area contributed by atoms with Gasteiger partial charge < -0.3 is 9.73 Å². The summed E-state index contributed by atoms with van der Waals surface area (Å²) in [6.45, 7) is 2.30. The maximum Gasteiger partial charge on any atom is 0.223 e. The van der Waals surface area contributed by atoms with Crippen LogP contribution in [0.3, 0.4) is 0 Å². The van der Waals surface area contributed by atoms with E-state index in [0.717, 1.165) is 5.76 Å². The third kappa shape index (κ3) is 2.66. The third-order valence-electron chi connectivity index (χ3n) is 1.69. The zero-order valence-corrected chi connectivity index (χ0v) is 8.82. The molecule has 2 aromatic heterocycles. The second-order valence-electron chi connectivity index (χ2n) is 2.94. The largest absolute Gasteiger partial charge is 0.444 e. The standard InChI is InChI=1S/C9H9ClN4O/c1-6-2-11-8(15-6)5-14-9-12-3-7(10)4-13-9/h2-4H,5H2,1H3,(H,12,13,14). The van der Waals surface area contributed by atoms with Crippen molar-refractivity contribution in [3.05, 3.63) is 35.3 Å². The van der Waals surface area contributed by atoms with Crippen molar-refractivity contribution in [3.8, 4) is 0 Å². The molecule has 0 saturated heterocycles. The van der Waals surface area contributed by atoms with Gasteiger partial charge in [-0.1, -0.05) is 11.6 Å². The first-order valence-electron chi connectivity index (χ1n) is 4.37. The Bertz CT molecular complexity index is 440. The van der Waals surface area contributed by atoms with E-state index in [9.17, 15) is 0 Å². The maximum atomic E-state index is 5.65. The summed E-state index contributed by atoms with van der Waals surface area (Å²) in [7, 11) is 0. The minimum atomic E-state index is 0.454. The van der Waals surface area contributed by atoms with Crippen LogP contribution in [0, 0.1) is 6.92 Å². The van der Waals surface area contributed by atoms with Crippen molar-refractivity contribution in [1.82, 2.24) is 15.0 Å². The first-order valence-corrected chi connectivity index (χ1v) is 4.74. The molecule has 0 bridgehead atoms.